The minimum absolute atomic E-state index is 0.0332. The van der Waals surface area contributed by atoms with E-state index in [1.165, 1.54) is 17.0 Å². The average molecular weight is 464 g/mol. The van der Waals surface area contributed by atoms with E-state index in [0.717, 1.165) is 16.7 Å². The summed E-state index contributed by atoms with van der Waals surface area (Å²) in [6, 6.07) is 19.9. The van der Waals surface area contributed by atoms with Crippen molar-refractivity contribution < 1.29 is 23.1 Å². The number of benzene rings is 3. The van der Waals surface area contributed by atoms with Crippen molar-refractivity contribution in [1.82, 2.24) is 4.90 Å². The zero-order valence-electron chi connectivity index (χ0n) is 18.6. The number of aliphatic hydroxyl groups excluding tert-OH is 1. The van der Waals surface area contributed by atoms with Crippen LogP contribution in [0, 0.1) is 13.8 Å². The lowest BCUT2D eigenvalue weighted by molar-refractivity contribution is -0.130. The number of methoxy groups -OCH3 is 1. The Morgan fingerprint density at radius 3 is 1.97 bits per heavy atom. The zero-order valence-corrected chi connectivity index (χ0v) is 19.5. The van der Waals surface area contributed by atoms with Crippen molar-refractivity contribution in [3.8, 4) is 5.75 Å². The summed E-state index contributed by atoms with van der Waals surface area (Å²) in [5.74, 6) is -0.790. The van der Waals surface area contributed by atoms with E-state index < -0.39 is 27.5 Å². The molecular formula is C26H25NO5S. The van der Waals surface area contributed by atoms with Gasteiger partial charge < -0.3 is 14.7 Å². The highest BCUT2D eigenvalue weighted by Gasteiger charge is 2.46. The van der Waals surface area contributed by atoms with Gasteiger partial charge >= 0.3 is 0 Å². The summed E-state index contributed by atoms with van der Waals surface area (Å²) in [6.07, 6.45) is 0. The predicted octanol–water partition coefficient (Wildman–Crippen LogP) is 4.64. The Labute approximate surface area is 193 Å². The summed E-state index contributed by atoms with van der Waals surface area (Å²) in [7, 11) is -2.57. The number of amides is 1. The van der Waals surface area contributed by atoms with Gasteiger partial charge in [-0.05, 0) is 49.2 Å². The van der Waals surface area contributed by atoms with Crippen LogP contribution >= 0.6 is 0 Å². The molecule has 3 aromatic carbocycles. The maximum absolute atomic E-state index is 13.6. The van der Waals surface area contributed by atoms with Gasteiger partial charge in [-0.1, -0.05) is 59.7 Å². The summed E-state index contributed by atoms with van der Waals surface area (Å²) in [4.78, 5) is 14.3. The van der Waals surface area contributed by atoms with E-state index in [9.17, 15) is 18.3 Å². The maximum atomic E-state index is 13.6. The van der Waals surface area contributed by atoms with Crippen LogP contribution in [0.25, 0.3) is 0 Å². The number of sulfone groups is 1. The molecule has 1 N–H and O–H groups in total. The highest BCUT2D eigenvalue weighted by atomic mass is 32.2. The van der Waals surface area contributed by atoms with E-state index in [1.54, 1.807) is 43.5 Å². The summed E-state index contributed by atoms with van der Waals surface area (Å²) < 4.78 is 32.4. The van der Waals surface area contributed by atoms with Crippen LogP contribution in [0.5, 0.6) is 5.75 Å². The smallest absolute Gasteiger partial charge is 0.290 e. The average Bonchev–Trinajstić information content (AvgIpc) is 3.06. The number of carbonyl (C=O) groups excluding carboxylic acids is 1. The number of carbonyl (C=O) groups is 1. The van der Waals surface area contributed by atoms with Gasteiger partial charge in [-0.25, -0.2) is 8.42 Å². The van der Waals surface area contributed by atoms with Crippen LogP contribution in [0.15, 0.2) is 88.4 Å². The molecule has 1 aliphatic heterocycles. The van der Waals surface area contributed by atoms with Crippen molar-refractivity contribution in [2.45, 2.75) is 31.3 Å². The van der Waals surface area contributed by atoms with E-state index in [4.69, 9.17) is 4.74 Å². The molecule has 1 heterocycles. The molecule has 0 aromatic heterocycles. The lowest BCUT2D eigenvalue weighted by Gasteiger charge is -2.27. The lowest BCUT2D eigenvalue weighted by Crippen LogP contribution is -2.30. The molecule has 0 saturated heterocycles. The largest absolute Gasteiger partial charge is 0.502 e. The monoisotopic (exact) mass is 463 g/mol. The zero-order chi connectivity index (χ0) is 23.8. The van der Waals surface area contributed by atoms with E-state index in [2.05, 4.69) is 0 Å². The van der Waals surface area contributed by atoms with Gasteiger partial charge in [-0.15, -0.1) is 0 Å². The molecule has 0 radical (unpaired) electrons. The van der Waals surface area contributed by atoms with Crippen LogP contribution in [-0.4, -0.2) is 31.4 Å². The second kappa shape index (κ2) is 8.75. The topological polar surface area (TPSA) is 83.9 Å². The minimum Gasteiger partial charge on any atom is -0.502 e. The maximum Gasteiger partial charge on any atom is 0.290 e. The summed E-state index contributed by atoms with van der Waals surface area (Å²) in [6.45, 7) is 3.91. The molecule has 0 bridgehead atoms. The van der Waals surface area contributed by atoms with Crippen LogP contribution in [0.1, 0.15) is 28.3 Å². The second-order valence-corrected chi connectivity index (χ2v) is 10.0. The van der Waals surface area contributed by atoms with Crippen LogP contribution in [0.4, 0.5) is 0 Å². The van der Waals surface area contributed by atoms with Crippen molar-refractivity contribution in [2.75, 3.05) is 7.11 Å². The van der Waals surface area contributed by atoms with Gasteiger partial charge in [-0.3, -0.25) is 4.79 Å². The molecule has 6 nitrogen and oxygen atoms in total. The Hall–Kier alpha value is -3.58. The fraction of sp³-hybridized carbons (Fsp3) is 0.192. The van der Waals surface area contributed by atoms with Gasteiger partial charge in [0, 0.05) is 6.54 Å². The quantitative estimate of drug-likeness (QED) is 0.576. The lowest BCUT2D eigenvalue weighted by atomic mass is 10.0. The minimum atomic E-state index is -4.13. The highest BCUT2D eigenvalue weighted by molar-refractivity contribution is 7.95. The first-order valence-corrected chi connectivity index (χ1v) is 12.0. The van der Waals surface area contributed by atoms with Crippen molar-refractivity contribution in [2.24, 2.45) is 0 Å². The fourth-order valence-electron chi connectivity index (χ4n) is 3.92. The van der Waals surface area contributed by atoms with Gasteiger partial charge in [0.1, 0.15) is 10.7 Å². The number of ether oxygens (including phenoxy) is 1. The molecule has 3 aromatic rings. The first-order valence-electron chi connectivity index (χ1n) is 10.5. The molecular weight excluding hydrogens is 438 g/mol. The first kappa shape index (κ1) is 22.6. The predicted molar refractivity (Wildman–Crippen MR) is 125 cm³/mol. The number of aryl methyl sites for hydroxylation is 2. The molecule has 0 unspecified atom stereocenters. The fourth-order valence-corrected chi connectivity index (χ4v) is 5.57. The molecule has 0 saturated carbocycles. The number of hydrogen-bond donors (Lipinski definition) is 1. The Kier molecular flexibility index (Phi) is 5.99. The van der Waals surface area contributed by atoms with Gasteiger partial charge in [0.2, 0.25) is 9.84 Å². The first-order chi connectivity index (χ1) is 15.7. The number of aliphatic hydroxyl groups is 1. The van der Waals surface area contributed by atoms with E-state index in [0.29, 0.717) is 11.3 Å². The van der Waals surface area contributed by atoms with Gasteiger partial charge in [0.05, 0.1) is 18.0 Å². The number of rotatable bonds is 6. The normalized spacial score (nSPS) is 16.4. The second-order valence-electron chi connectivity index (χ2n) is 8.12. The summed E-state index contributed by atoms with van der Waals surface area (Å²) >= 11 is 0. The van der Waals surface area contributed by atoms with Crippen molar-refractivity contribution in [3.05, 3.63) is 106 Å². The third kappa shape index (κ3) is 4.24. The Morgan fingerprint density at radius 2 is 1.42 bits per heavy atom. The van der Waals surface area contributed by atoms with Crippen molar-refractivity contribution in [3.63, 3.8) is 0 Å². The van der Waals surface area contributed by atoms with E-state index in [-0.39, 0.29) is 16.3 Å². The number of hydrogen-bond acceptors (Lipinski definition) is 5. The van der Waals surface area contributed by atoms with E-state index in [1.807, 2.05) is 38.1 Å². The third-order valence-corrected chi connectivity index (χ3v) is 7.67. The van der Waals surface area contributed by atoms with Crippen LogP contribution in [0.2, 0.25) is 0 Å². The Balaban J connectivity index is 1.82. The van der Waals surface area contributed by atoms with Gasteiger partial charge in [0.25, 0.3) is 5.91 Å². The third-order valence-electron chi connectivity index (χ3n) is 5.78. The molecule has 1 aliphatic rings. The SMILES string of the molecule is COc1ccc(CN2C(=O)C(O)=C(S(=O)(=O)c3ccc(C)cc3)[C@@H]2c2ccc(C)cc2)cc1. The van der Waals surface area contributed by atoms with Crippen molar-refractivity contribution >= 4 is 15.7 Å². The van der Waals surface area contributed by atoms with Crippen LogP contribution < -0.4 is 4.74 Å². The molecule has 1 amide bonds. The molecule has 4 rings (SSSR count). The molecule has 7 heteroatoms. The standard InChI is InChI=1S/C26H25NO5S/c1-17-4-10-20(11-5-17)23-25(33(30,31)22-14-6-18(2)7-15-22)24(28)26(29)27(23)16-19-8-12-21(32-3)13-9-19/h4-15,23,28H,16H2,1-3H3/t23-/m0/s1. The Bertz CT molecular complexity index is 1310. The summed E-state index contributed by atoms with van der Waals surface area (Å²) in [5.41, 5.74) is 3.30. The van der Waals surface area contributed by atoms with E-state index >= 15 is 0 Å². The Morgan fingerprint density at radius 1 is 0.879 bits per heavy atom. The molecule has 1 atom stereocenters. The highest BCUT2D eigenvalue weighted by Crippen LogP contribution is 2.43. The van der Waals surface area contributed by atoms with Crippen LogP contribution in [0.3, 0.4) is 0 Å². The molecule has 170 valence electrons. The van der Waals surface area contributed by atoms with Crippen molar-refractivity contribution in [1.29, 1.82) is 0 Å². The molecule has 33 heavy (non-hydrogen) atoms. The molecule has 0 fully saturated rings. The molecule has 0 aliphatic carbocycles. The molecule has 0 spiro atoms. The number of nitrogens with zero attached hydrogens (tertiary/aromatic N) is 1. The van der Waals surface area contributed by atoms with Gasteiger partial charge in [0.15, 0.2) is 5.76 Å². The van der Waals surface area contributed by atoms with Gasteiger partial charge in [-0.2, -0.15) is 0 Å². The van der Waals surface area contributed by atoms with Crippen LogP contribution in [-0.2, 0) is 21.2 Å². The summed E-state index contributed by atoms with van der Waals surface area (Å²) in [5, 5.41) is 10.8.